The minimum atomic E-state index is -0.428. The Hall–Kier alpha value is -2.61. The van der Waals surface area contributed by atoms with Gasteiger partial charge in [-0.3, -0.25) is 9.58 Å². The summed E-state index contributed by atoms with van der Waals surface area (Å²) in [7, 11) is 1.95. The van der Waals surface area contributed by atoms with Crippen molar-refractivity contribution in [3.8, 4) is 11.1 Å². The maximum atomic E-state index is 12.3. The number of anilines is 1. The van der Waals surface area contributed by atoms with E-state index in [0.29, 0.717) is 11.5 Å². The third-order valence-electron chi connectivity index (χ3n) is 7.31. The molecule has 0 N–H and O–H groups in total. The van der Waals surface area contributed by atoms with E-state index in [1.165, 1.54) is 19.3 Å². The molecule has 1 aliphatic carbocycles. The van der Waals surface area contributed by atoms with E-state index in [-0.39, 0.29) is 6.09 Å². The number of carbonyl (C=O) groups excluding carboxylic acids is 1. The van der Waals surface area contributed by atoms with Crippen LogP contribution < -0.4 is 4.90 Å². The standard InChI is InChI=1S/C25H36N6O2/c1-24(2,3)33-23(32)31-17-25(18-31)8-7-20(14-25)29-10-12-30(13-11-29)22-21(6-5-9-26-22)19-15-27-28(4)16-19/h5-6,9,15-16,20H,7-8,10-14,17-18H2,1-4H3/t20-/m1/s1. The van der Waals surface area contributed by atoms with Gasteiger partial charge in [0.1, 0.15) is 11.4 Å². The molecule has 0 aromatic carbocycles. The summed E-state index contributed by atoms with van der Waals surface area (Å²) in [5, 5.41) is 4.33. The highest BCUT2D eigenvalue weighted by Crippen LogP contribution is 2.47. The number of ether oxygens (including phenoxy) is 1. The molecule has 0 unspecified atom stereocenters. The summed E-state index contributed by atoms with van der Waals surface area (Å²) in [6.45, 7) is 11.6. The Labute approximate surface area is 196 Å². The minimum absolute atomic E-state index is 0.162. The first kappa shape index (κ1) is 22.2. The summed E-state index contributed by atoms with van der Waals surface area (Å²) in [5.74, 6) is 1.06. The number of nitrogens with zero attached hydrogens (tertiary/aromatic N) is 6. The van der Waals surface area contributed by atoms with E-state index in [2.05, 4.69) is 21.0 Å². The molecule has 2 aromatic rings. The SMILES string of the molecule is Cn1cc(-c2cccnc2N2CCN([C@@H]3CCC4(C3)CN(C(=O)OC(C)(C)C)C4)CC2)cn1. The number of hydrogen-bond donors (Lipinski definition) is 0. The summed E-state index contributed by atoms with van der Waals surface area (Å²) in [5.41, 5.74) is 2.13. The monoisotopic (exact) mass is 452 g/mol. The van der Waals surface area contributed by atoms with Crippen molar-refractivity contribution in [1.82, 2.24) is 24.6 Å². The molecule has 0 bridgehead atoms. The zero-order valence-corrected chi connectivity index (χ0v) is 20.3. The molecule has 1 spiro atoms. The van der Waals surface area contributed by atoms with Crippen molar-refractivity contribution in [3.63, 3.8) is 0 Å². The predicted octanol–water partition coefficient (Wildman–Crippen LogP) is 3.39. The lowest BCUT2D eigenvalue weighted by molar-refractivity contribution is -0.0344. The molecule has 1 saturated carbocycles. The van der Waals surface area contributed by atoms with Crippen molar-refractivity contribution in [2.45, 2.75) is 51.7 Å². The fourth-order valence-electron chi connectivity index (χ4n) is 5.73. The molecule has 2 saturated heterocycles. The Bertz CT molecular complexity index is 998. The molecule has 4 heterocycles. The van der Waals surface area contributed by atoms with Crippen molar-refractivity contribution in [1.29, 1.82) is 0 Å². The maximum Gasteiger partial charge on any atom is 0.410 e. The van der Waals surface area contributed by atoms with Gasteiger partial charge in [0.05, 0.1) is 6.20 Å². The smallest absolute Gasteiger partial charge is 0.410 e. The topological polar surface area (TPSA) is 66.7 Å². The van der Waals surface area contributed by atoms with Gasteiger partial charge in [0, 0.05) is 81.3 Å². The molecule has 1 atom stereocenters. The third-order valence-corrected chi connectivity index (χ3v) is 7.31. The van der Waals surface area contributed by atoms with E-state index in [1.54, 1.807) is 0 Å². The fourth-order valence-corrected chi connectivity index (χ4v) is 5.73. The number of hydrogen-bond acceptors (Lipinski definition) is 6. The zero-order valence-electron chi connectivity index (χ0n) is 20.3. The van der Waals surface area contributed by atoms with Crippen LogP contribution in [0.15, 0.2) is 30.7 Å². The fraction of sp³-hybridized carbons (Fsp3) is 0.640. The number of carbonyl (C=O) groups is 1. The number of piperazine rings is 1. The second kappa shape index (κ2) is 8.31. The molecule has 8 heteroatoms. The normalized spacial score (nSPS) is 23.1. The summed E-state index contributed by atoms with van der Waals surface area (Å²) >= 11 is 0. The van der Waals surface area contributed by atoms with Crippen LogP contribution in [0.5, 0.6) is 0 Å². The number of amides is 1. The number of likely N-dealkylation sites (tertiary alicyclic amines) is 1. The van der Waals surface area contributed by atoms with Gasteiger partial charge < -0.3 is 14.5 Å². The zero-order chi connectivity index (χ0) is 23.2. The molecular weight excluding hydrogens is 416 g/mol. The largest absolute Gasteiger partial charge is 0.444 e. The Kier molecular flexibility index (Phi) is 5.59. The highest BCUT2D eigenvalue weighted by atomic mass is 16.6. The Morgan fingerprint density at radius 1 is 1.18 bits per heavy atom. The number of aryl methyl sites for hydroxylation is 1. The van der Waals surface area contributed by atoms with Crippen LogP contribution in [0.25, 0.3) is 11.1 Å². The van der Waals surface area contributed by atoms with Crippen molar-refractivity contribution >= 4 is 11.9 Å². The molecule has 3 fully saturated rings. The van der Waals surface area contributed by atoms with Crippen LogP contribution in [0, 0.1) is 5.41 Å². The van der Waals surface area contributed by atoms with Gasteiger partial charge in [-0.2, -0.15) is 5.10 Å². The van der Waals surface area contributed by atoms with Crippen LogP contribution in [-0.2, 0) is 11.8 Å². The molecule has 2 aliphatic heterocycles. The minimum Gasteiger partial charge on any atom is -0.444 e. The van der Waals surface area contributed by atoms with Gasteiger partial charge in [-0.05, 0) is 52.2 Å². The molecule has 3 aliphatic rings. The van der Waals surface area contributed by atoms with E-state index in [1.807, 2.05) is 62.1 Å². The van der Waals surface area contributed by atoms with Gasteiger partial charge in [0.25, 0.3) is 0 Å². The highest BCUT2D eigenvalue weighted by Gasteiger charge is 2.51. The van der Waals surface area contributed by atoms with Gasteiger partial charge in [0.2, 0.25) is 0 Å². The summed E-state index contributed by atoms with van der Waals surface area (Å²) < 4.78 is 7.38. The first-order chi connectivity index (χ1) is 15.7. The molecule has 5 rings (SSSR count). The molecule has 8 nitrogen and oxygen atoms in total. The molecule has 0 radical (unpaired) electrons. The van der Waals surface area contributed by atoms with Crippen molar-refractivity contribution < 1.29 is 9.53 Å². The van der Waals surface area contributed by atoms with Gasteiger partial charge in [0.15, 0.2) is 0 Å². The molecule has 2 aromatic heterocycles. The van der Waals surface area contributed by atoms with Crippen LogP contribution in [0.2, 0.25) is 0 Å². The summed E-state index contributed by atoms with van der Waals surface area (Å²) in [6, 6.07) is 4.76. The van der Waals surface area contributed by atoms with E-state index < -0.39 is 5.60 Å². The van der Waals surface area contributed by atoms with Crippen molar-refractivity contribution in [3.05, 3.63) is 30.7 Å². The third kappa shape index (κ3) is 4.58. The van der Waals surface area contributed by atoms with E-state index >= 15 is 0 Å². The van der Waals surface area contributed by atoms with E-state index in [4.69, 9.17) is 9.72 Å². The second-order valence-electron chi connectivity index (χ2n) is 11.0. The Morgan fingerprint density at radius 2 is 1.94 bits per heavy atom. The van der Waals surface area contributed by atoms with E-state index in [0.717, 1.165) is 56.2 Å². The average Bonchev–Trinajstić information content (AvgIpc) is 3.39. The van der Waals surface area contributed by atoms with Gasteiger partial charge in [-0.15, -0.1) is 0 Å². The predicted molar refractivity (Wildman–Crippen MR) is 128 cm³/mol. The lowest BCUT2D eigenvalue weighted by Crippen LogP contribution is -2.59. The number of pyridine rings is 1. The average molecular weight is 453 g/mol. The Balaban J connectivity index is 1.16. The summed E-state index contributed by atoms with van der Waals surface area (Å²) in [4.78, 5) is 24.0. The molecule has 178 valence electrons. The maximum absolute atomic E-state index is 12.3. The highest BCUT2D eigenvalue weighted by molar-refractivity contribution is 5.75. The van der Waals surface area contributed by atoms with Crippen molar-refractivity contribution in [2.75, 3.05) is 44.2 Å². The second-order valence-corrected chi connectivity index (χ2v) is 11.0. The van der Waals surface area contributed by atoms with Gasteiger partial charge in [-0.1, -0.05) is 0 Å². The van der Waals surface area contributed by atoms with Crippen LogP contribution in [0.4, 0.5) is 10.6 Å². The Morgan fingerprint density at radius 3 is 2.61 bits per heavy atom. The van der Waals surface area contributed by atoms with Gasteiger partial charge >= 0.3 is 6.09 Å². The molecular formula is C25H36N6O2. The first-order valence-electron chi connectivity index (χ1n) is 12.1. The number of rotatable bonds is 3. The molecule has 33 heavy (non-hydrogen) atoms. The summed E-state index contributed by atoms with van der Waals surface area (Å²) in [6.07, 6.45) is 9.31. The van der Waals surface area contributed by atoms with Crippen LogP contribution in [0.3, 0.4) is 0 Å². The quantitative estimate of drug-likeness (QED) is 0.711. The molecule has 1 amide bonds. The lowest BCUT2D eigenvalue weighted by Gasteiger charge is -2.48. The van der Waals surface area contributed by atoms with Crippen LogP contribution in [-0.4, -0.2) is 81.6 Å². The van der Waals surface area contributed by atoms with Gasteiger partial charge in [-0.25, -0.2) is 9.78 Å². The van der Waals surface area contributed by atoms with E-state index in [9.17, 15) is 4.79 Å². The number of aromatic nitrogens is 3. The van der Waals surface area contributed by atoms with Crippen LogP contribution >= 0.6 is 0 Å². The lowest BCUT2D eigenvalue weighted by atomic mass is 9.78. The van der Waals surface area contributed by atoms with Crippen molar-refractivity contribution in [2.24, 2.45) is 12.5 Å². The van der Waals surface area contributed by atoms with Crippen LogP contribution in [0.1, 0.15) is 40.0 Å². The first-order valence-corrected chi connectivity index (χ1v) is 12.1.